The van der Waals surface area contributed by atoms with Crippen LogP contribution in [0.3, 0.4) is 0 Å². The van der Waals surface area contributed by atoms with Crippen molar-refractivity contribution >= 4 is 5.91 Å². The minimum atomic E-state index is -0.00450. The van der Waals surface area contributed by atoms with Crippen molar-refractivity contribution in [1.29, 1.82) is 0 Å². The minimum absolute atomic E-state index is 0.00450. The largest absolute Gasteiger partial charge is 0.493 e. The van der Waals surface area contributed by atoms with Crippen LogP contribution >= 0.6 is 0 Å². The van der Waals surface area contributed by atoms with Gasteiger partial charge in [-0.1, -0.05) is 19.9 Å². The molecule has 0 radical (unpaired) electrons. The molecule has 0 aliphatic heterocycles. The van der Waals surface area contributed by atoms with E-state index in [1.165, 1.54) is 0 Å². The fraction of sp³-hybridized carbons (Fsp3) is 0.462. The number of ether oxygens (including phenoxy) is 2. The number of amides is 1. The van der Waals surface area contributed by atoms with Crippen LogP contribution in [0.1, 0.15) is 19.4 Å². The van der Waals surface area contributed by atoms with Gasteiger partial charge in [-0.15, -0.1) is 0 Å². The Labute approximate surface area is 102 Å². The van der Waals surface area contributed by atoms with Crippen molar-refractivity contribution in [3.8, 4) is 11.5 Å². The monoisotopic (exact) mass is 237 g/mol. The maximum absolute atomic E-state index is 11.4. The molecule has 1 aromatic rings. The SMILES string of the molecule is COc1ccc(CNC(=O)C(C)C)cc1OC. The Morgan fingerprint density at radius 1 is 1.24 bits per heavy atom. The van der Waals surface area contributed by atoms with E-state index < -0.39 is 0 Å². The quantitative estimate of drug-likeness (QED) is 0.851. The van der Waals surface area contributed by atoms with Crippen LogP contribution in [0.2, 0.25) is 0 Å². The first-order chi connectivity index (χ1) is 8.08. The lowest BCUT2D eigenvalue weighted by atomic mass is 10.1. The lowest BCUT2D eigenvalue weighted by Gasteiger charge is -2.11. The Bertz CT molecular complexity index is 388. The van der Waals surface area contributed by atoms with Crippen molar-refractivity contribution in [2.75, 3.05) is 14.2 Å². The molecule has 0 unspecified atom stereocenters. The Morgan fingerprint density at radius 3 is 2.41 bits per heavy atom. The van der Waals surface area contributed by atoms with E-state index in [1.54, 1.807) is 14.2 Å². The van der Waals surface area contributed by atoms with Crippen molar-refractivity contribution in [2.45, 2.75) is 20.4 Å². The number of hydrogen-bond acceptors (Lipinski definition) is 3. The van der Waals surface area contributed by atoms with Gasteiger partial charge in [0.1, 0.15) is 0 Å². The van der Waals surface area contributed by atoms with Gasteiger partial charge in [-0.2, -0.15) is 0 Å². The number of benzene rings is 1. The maximum atomic E-state index is 11.4. The summed E-state index contributed by atoms with van der Waals surface area (Å²) in [5.74, 6) is 1.39. The molecule has 0 aromatic heterocycles. The summed E-state index contributed by atoms with van der Waals surface area (Å²) in [6.07, 6.45) is 0. The van der Waals surface area contributed by atoms with E-state index in [9.17, 15) is 4.79 Å². The van der Waals surface area contributed by atoms with E-state index >= 15 is 0 Å². The Kier molecular flexibility index (Phi) is 4.82. The van der Waals surface area contributed by atoms with Gasteiger partial charge >= 0.3 is 0 Å². The average Bonchev–Trinajstić information content (AvgIpc) is 2.35. The highest BCUT2D eigenvalue weighted by Crippen LogP contribution is 2.27. The topological polar surface area (TPSA) is 47.6 Å². The molecule has 1 rings (SSSR count). The summed E-state index contributed by atoms with van der Waals surface area (Å²) in [5, 5.41) is 2.85. The van der Waals surface area contributed by atoms with E-state index in [4.69, 9.17) is 9.47 Å². The molecule has 4 nitrogen and oxygen atoms in total. The molecule has 0 atom stereocenters. The van der Waals surface area contributed by atoms with Crippen LogP contribution in [-0.4, -0.2) is 20.1 Å². The van der Waals surface area contributed by atoms with E-state index in [0.717, 1.165) is 5.56 Å². The van der Waals surface area contributed by atoms with Crippen molar-refractivity contribution in [3.05, 3.63) is 23.8 Å². The van der Waals surface area contributed by atoms with E-state index in [2.05, 4.69) is 5.32 Å². The summed E-state index contributed by atoms with van der Waals surface area (Å²) in [6, 6.07) is 5.59. The first-order valence-corrected chi connectivity index (χ1v) is 5.57. The Balaban J connectivity index is 2.69. The minimum Gasteiger partial charge on any atom is -0.493 e. The zero-order valence-corrected chi connectivity index (χ0v) is 10.7. The van der Waals surface area contributed by atoms with Gasteiger partial charge in [0.2, 0.25) is 5.91 Å². The van der Waals surface area contributed by atoms with Gasteiger partial charge in [0.25, 0.3) is 0 Å². The van der Waals surface area contributed by atoms with Crippen LogP contribution in [0.5, 0.6) is 11.5 Å². The standard InChI is InChI=1S/C13H19NO3/c1-9(2)13(15)14-8-10-5-6-11(16-3)12(7-10)17-4/h5-7,9H,8H2,1-4H3,(H,14,15). The number of carbonyl (C=O) groups excluding carboxylic acids is 1. The van der Waals surface area contributed by atoms with Gasteiger partial charge in [-0.25, -0.2) is 0 Å². The van der Waals surface area contributed by atoms with Crippen LogP contribution < -0.4 is 14.8 Å². The zero-order chi connectivity index (χ0) is 12.8. The number of methoxy groups -OCH3 is 2. The molecule has 0 saturated heterocycles. The van der Waals surface area contributed by atoms with Crippen LogP contribution in [0, 0.1) is 5.92 Å². The molecule has 94 valence electrons. The normalized spacial score (nSPS) is 10.2. The third-order valence-electron chi connectivity index (χ3n) is 2.44. The van der Waals surface area contributed by atoms with Gasteiger partial charge in [-0.3, -0.25) is 4.79 Å². The molecular weight excluding hydrogens is 218 g/mol. The Morgan fingerprint density at radius 2 is 1.88 bits per heavy atom. The number of rotatable bonds is 5. The number of hydrogen-bond donors (Lipinski definition) is 1. The first-order valence-electron chi connectivity index (χ1n) is 5.57. The second-order valence-corrected chi connectivity index (χ2v) is 4.06. The number of nitrogens with one attached hydrogen (secondary N) is 1. The third-order valence-corrected chi connectivity index (χ3v) is 2.44. The van der Waals surface area contributed by atoms with Crippen LogP contribution in [0.25, 0.3) is 0 Å². The van der Waals surface area contributed by atoms with Gasteiger partial charge in [-0.05, 0) is 17.7 Å². The smallest absolute Gasteiger partial charge is 0.222 e. The predicted octanol–water partition coefficient (Wildman–Crippen LogP) is 1.98. The van der Waals surface area contributed by atoms with Crippen LogP contribution in [0.4, 0.5) is 0 Å². The molecule has 1 amide bonds. The summed E-state index contributed by atoms with van der Waals surface area (Å²) in [6.45, 7) is 4.23. The lowest BCUT2D eigenvalue weighted by Crippen LogP contribution is -2.27. The summed E-state index contributed by atoms with van der Waals surface area (Å²) in [4.78, 5) is 11.4. The molecule has 0 aliphatic rings. The molecule has 0 fully saturated rings. The highest BCUT2D eigenvalue weighted by Gasteiger charge is 2.08. The maximum Gasteiger partial charge on any atom is 0.222 e. The van der Waals surface area contributed by atoms with Gasteiger partial charge in [0.15, 0.2) is 11.5 Å². The molecule has 0 saturated carbocycles. The van der Waals surface area contributed by atoms with Gasteiger partial charge < -0.3 is 14.8 Å². The molecule has 17 heavy (non-hydrogen) atoms. The molecule has 0 bridgehead atoms. The molecular formula is C13H19NO3. The second kappa shape index (κ2) is 6.13. The molecule has 0 spiro atoms. The number of carbonyl (C=O) groups is 1. The van der Waals surface area contributed by atoms with Crippen molar-refractivity contribution in [2.24, 2.45) is 5.92 Å². The average molecular weight is 237 g/mol. The van der Waals surface area contributed by atoms with Gasteiger partial charge in [0.05, 0.1) is 14.2 Å². The molecule has 0 aliphatic carbocycles. The van der Waals surface area contributed by atoms with Crippen LogP contribution in [0.15, 0.2) is 18.2 Å². The predicted molar refractivity (Wildman–Crippen MR) is 66.2 cm³/mol. The lowest BCUT2D eigenvalue weighted by molar-refractivity contribution is -0.124. The molecule has 4 heteroatoms. The fourth-order valence-corrected chi connectivity index (χ4v) is 1.38. The van der Waals surface area contributed by atoms with Crippen LogP contribution in [-0.2, 0) is 11.3 Å². The fourth-order valence-electron chi connectivity index (χ4n) is 1.38. The van der Waals surface area contributed by atoms with Crippen molar-refractivity contribution < 1.29 is 14.3 Å². The summed E-state index contributed by atoms with van der Waals surface area (Å²) in [7, 11) is 3.19. The van der Waals surface area contributed by atoms with Gasteiger partial charge in [0, 0.05) is 12.5 Å². The molecule has 1 aromatic carbocycles. The zero-order valence-electron chi connectivity index (χ0n) is 10.7. The molecule has 0 heterocycles. The van der Waals surface area contributed by atoms with E-state index in [1.807, 2.05) is 32.0 Å². The van der Waals surface area contributed by atoms with Crippen molar-refractivity contribution in [3.63, 3.8) is 0 Å². The summed E-state index contributed by atoms with van der Waals surface area (Å²) < 4.78 is 10.3. The summed E-state index contributed by atoms with van der Waals surface area (Å²) in [5.41, 5.74) is 0.983. The Hall–Kier alpha value is -1.71. The third kappa shape index (κ3) is 3.66. The van der Waals surface area contributed by atoms with E-state index in [-0.39, 0.29) is 11.8 Å². The summed E-state index contributed by atoms with van der Waals surface area (Å²) >= 11 is 0. The second-order valence-electron chi connectivity index (χ2n) is 4.06. The highest BCUT2D eigenvalue weighted by molar-refractivity contribution is 5.77. The highest BCUT2D eigenvalue weighted by atomic mass is 16.5. The van der Waals surface area contributed by atoms with Crippen molar-refractivity contribution in [1.82, 2.24) is 5.32 Å². The first kappa shape index (κ1) is 13.4. The molecule has 1 N–H and O–H groups in total. The van der Waals surface area contributed by atoms with E-state index in [0.29, 0.717) is 18.0 Å².